The zero-order valence-electron chi connectivity index (χ0n) is 11.6. The van der Waals surface area contributed by atoms with Crippen molar-refractivity contribution in [3.8, 4) is 0 Å². The van der Waals surface area contributed by atoms with E-state index >= 15 is 0 Å². The summed E-state index contributed by atoms with van der Waals surface area (Å²) in [6.07, 6.45) is 5.68. The number of nitrogens with one attached hydrogen (secondary N) is 1. The highest BCUT2D eigenvalue weighted by Crippen LogP contribution is 2.22. The average Bonchev–Trinajstić information content (AvgIpc) is 2.80. The SMILES string of the molecule is COCCNc1nc(C)cn1C(C)c1ccncc1. The maximum Gasteiger partial charge on any atom is 0.203 e. The molecular formula is C14H20N4O. The fourth-order valence-electron chi connectivity index (χ4n) is 2.01. The molecule has 0 aliphatic rings. The first-order valence-electron chi connectivity index (χ1n) is 6.40. The van der Waals surface area contributed by atoms with Crippen molar-refractivity contribution in [3.63, 3.8) is 0 Å². The Labute approximate surface area is 113 Å². The second-order valence-corrected chi connectivity index (χ2v) is 4.49. The van der Waals surface area contributed by atoms with E-state index in [1.54, 1.807) is 7.11 Å². The Bertz CT molecular complexity index is 509. The van der Waals surface area contributed by atoms with E-state index in [0.717, 1.165) is 18.2 Å². The Hall–Kier alpha value is -1.88. The molecule has 2 aromatic heterocycles. The normalized spacial score (nSPS) is 12.4. The number of hydrogen-bond donors (Lipinski definition) is 1. The van der Waals surface area contributed by atoms with Gasteiger partial charge in [-0.1, -0.05) is 0 Å². The number of aromatic nitrogens is 3. The molecule has 2 aromatic rings. The van der Waals surface area contributed by atoms with Crippen LogP contribution in [0.2, 0.25) is 0 Å². The Morgan fingerprint density at radius 1 is 1.37 bits per heavy atom. The largest absolute Gasteiger partial charge is 0.383 e. The molecule has 1 atom stereocenters. The van der Waals surface area contributed by atoms with E-state index in [4.69, 9.17) is 4.74 Å². The van der Waals surface area contributed by atoms with Crippen LogP contribution in [0.3, 0.4) is 0 Å². The molecule has 2 rings (SSSR count). The quantitative estimate of drug-likeness (QED) is 0.809. The van der Waals surface area contributed by atoms with Gasteiger partial charge in [-0.2, -0.15) is 0 Å². The van der Waals surface area contributed by atoms with Crippen LogP contribution in [0.4, 0.5) is 5.95 Å². The smallest absolute Gasteiger partial charge is 0.203 e. The molecule has 0 aliphatic heterocycles. The minimum Gasteiger partial charge on any atom is -0.383 e. The van der Waals surface area contributed by atoms with Gasteiger partial charge in [0.05, 0.1) is 18.3 Å². The van der Waals surface area contributed by atoms with E-state index in [2.05, 4.69) is 33.0 Å². The molecule has 5 heteroatoms. The van der Waals surface area contributed by atoms with Gasteiger partial charge in [0.15, 0.2) is 0 Å². The summed E-state index contributed by atoms with van der Waals surface area (Å²) in [5, 5.41) is 3.30. The van der Waals surface area contributed by atoms with Crippen LogP contribution in [0.5, 0.6) is 0 Å². The third-order valence-electron chi connectivity index (χ3n) is 3.05. The number of hydrogen-bond acceptors (Lipinski definition) is 4. The van der Waals surface area contributed by atoms with Crippen LogP contribution < -0.4 is 5.32 Å². The van der Waals surface area contributed by atoms with Gasteiger partial charge in [0.1, 0.15) is 0 Å². The number of nitrogens with zero attached hydrogens (tertiary/aromatic N) is 3. The van der Waals surface area contributed by atoms with Gasteiger partial charge in [-0.05, 0) is 31.5 Å². The lowest BCUT2D eigenvalue weighted by molar-refractivity contribution is 0.210. The van der Waals surface area contributed by atoms with Gasteiger partial charge in [0.25, 0.3) is 0 Å². The molecular weight excluding hydrogens is 240 g/mol. The van der Waals surface area contributed by atoms with Crippen LogP contribution in [0.15, 0.2) is 30.7 Å². The van der Waals surface area contributed by atoms with E-state index in [1.807, 2.05) is 31.5 Å². The van der Waals surface area contributed by atoms with Crippen molar-refractivity contribution in [1.29, 1.82) is 0 Å². The molecule has 0 radical (unpaired) electrons. The van der Waals surface area contributed by atoms with E-state index < -0.39 is 0 Å². The number of ether oxygens (including phenoxy) is 1. The Morgan fingerprint density at radius 2 is 2.11 bits per heavy atom. The summed E-state index contributed by atoms with van der Waals surface area (Å²) in [7, 11) is 1.69. The predicted molar refractivity (Wildman–Crippen MR) is 75.4 cm³/mol. The number of imidazole rings is 1. The van der Waals surface area contributed by atoms with Gasteiger partial charge in [-0.3, -0.25) is 4.98 Å². The Balaban J connectivity index is 2.19. The van der Waals surface area contributed by atoms with Crippen LogP contribution >= 0.6 is 0 Å². The standard InChI is InChI=1S/C14H20N4O/c1-11-10-18(14(17-11)16-8-9-19-3)12(2)13-4-6-15-7-5-13/h4-7,10,12H,8-9H2,1-3H3,(H,16,17). The molecule has 0 amide bonds. The van der Waals surface area contributed by atoms with Crippen molar-refractivity contribution in [2.45, 2.75) is 19.9 Å². The minimum atomic E-state index is 0.217. The second kappa shape index (κ2) is 6.33. The molecule has 0 spiro atoms. The molecule has 0 saturated heterocycles. The highest BCUT2D eigenvalue weighted by Gasteiger charge is 2.13. The summed E-state index contributed by atoms with van der Waals surface area (Å²) in [4.78, 5) is 8.56. The highest BCUT2D eigenvalue weighted by molar-refractivity contribution is 5.32. The predicted octanol–water partition coefficient (Wildman–Crippen LogP) is 2.25. The molecule has 102 valence electrons. The monoisotopic (exact) mass is 260 g/mol. The second-order valence-electron chi connectivity index (χ2n) is 4.49. The third-order valence-corrected chi connectivity index (χ3v) is 3.05. The van der Waals surface area contributed by atoms with E-state index in [0.29, 0.717) is 6.61 Å². The molecule has 0 aliphatic carbocycles. The van der Waals surface area contributed by atoms with Crippen LogP contribution in [-0.4, -0.2) is 34.8 Å². The maximum atomic E-state index is 5.05. The van der Waals surface area contributed by atoms with Crippen LogP contribution in [0.1, 0.15) is 24.2 Å². The van der Waals surface area contributed by atoms with Crippen molar-refractivity contribution in [3.05, 3.63) is 42.0 Å². The van der Waals surface area contributed by atoms with E-state index in [1.165, 1.54) is 5.56 Å². The molecule has 1 unspecified atom stereocenters. The number of methoxy groups -OCH3 is 1. The average molecular weight is 260 g/mol. The Morgan fingerprint density at radius 3 is 2.79 bits per heavy atom. The van der Waals surface area contributed by atoms with E-state index in [-0.39, 0.29) is 6.04 Å². The van der Waals surface area contributed by atoms with Crippen LogP contribution in [0.25, 0.3) is 0 Å². The van der Waals surface area contributed by atoms with Gasteiger partial charge < -0.3 is 14.6 Å². The van der Waals surface area contributed by atoms with Crippen molar-refractivity contribution in [2.24, 2.45) is 0 Å². The lowest BCUT2D eigenvalue weighted by Crippen LogP contribution is -2.15. The van der Waals surface area contributed by atoms with Gasteiger partial charge in [-0.25, -0.2) is 4.98 Å². The molecule has 5 nitrogen and oxygen atoms in total. The van der Waals surface area contributed by atoms with Gasteiger partial charge in [-0.15, -0.1) is 0 Å². The fourth-order valence-corrected chi connectivity index (χ4v) is 2.01. The number of rotatable bonds is 6. The van der Waals surface area contributed by atoms with Gasteiger partial charge in [0, 0.05) is 32.2 Å². The Kier molecular flexibility index (Phi) is 4.52. The number of anilines is 1. The third kappa shape index (κ3) is 3.32. The van der Waals surface area contributed by atoms with E-state index in [9.17, 15) is 0 Å². The summed E-state index contributed by atoms with van der Waals surface area (Å²) in [6, 6.07) is 4.27. The number of pyridine rings is 1. The minimum absolute atomic E-state index is 0.217. The van der Waals surface area contributed by atoms with Gasteiger partial charge >= 0.3 is 0 Å². The molecule has 19 heavy (non-hydrogen) atoms. The molecule has 1 N–H and O–H groups in total. The highest BCUT2D eigenvalue weighted by atomic mass is 16.5. The van der Waals surface area contributed by atoms with Crippen LogP contribution in [0, 0.1) is 6.92 Å². The van der Waals surface area contributed by atoms with Gasteiger partial charge in [0.2, 0.25) is 5.95 Å². The van der Waals surface area contributed by atoms with Crippen molar-refractivity contribution < 1.29 is 4.74 Å². The zero-order valence-corrected chi connectivity index (χ0v) is 11.6. The topological polar surface area (TPSA) is 52.0 Å². The van der Waals surface area contributed by atoms with Crippen molar-refractivity contribution >= 4 is 5.95 Å². The lowest BCUT2D eigenvalue weighted by Gasteiger charge is -2.17. The molecule has 0 bridgehead atoms. The first-order valence-corrected chi connectivity index (χ1v) is 6.40. The summed E-state index contributed by atoms with van der Waals surface area (Å²) in [6.45, 7) is 5.56. The summed E-state index contributed by atoms with van der Waals surface area (Å²) in [5.74, 6) is 0.874. The maximum absolute atomic E-state index is 5.05. The summed E-state index contributed by atoms with van der Waals surface area (Å²) in [5.41, 5.74) is 2.21. The first-order chi connectivity index (χ1) is 9.22. The fraction of sp³-hybridized carbons (Fsp3) is 0.429. The number of aryl methyl sites for hydroxylation is 1. The molecule has 0 fully saturated rings. The summed E-state index contributed by atoms with van der Waals surface area (Å²) < 4.78 is 7.19. The molecule has 0 saturated carbocycles. The van der Waals surface area contributed by atoms with Crippen molar-refractivity contribution in [1.82, 2.24) is 14.5 Å². The molecule has 0 aromatic carbocycles. The molecule has 2 heterocycles. The lowest BCUT2D eigenvalue weighted by atomic mass is 10.1. The van der Waals surface area contributed by atoms with Crippen LogP contribution in [-0.2, 0) is 4.74 Å². The first kappa shape index (κ1) is 13.5. The summed E-state index contributed by atoms with van der Waals surface area (Å²) >= 11 is 0. The van der Waals surface area contributed by atoms with Crippen molar-refractivity contribution in [2.75, 3.05) is 25.6 Å². The zero-order chi connectivity index (χ0) is 13.7.